The summed E-state index contributed by atoms with van der Waals surface area (Å²) in [6.07, 6.45) is 0. The molecule has 3 aromatic carbocycles. The van der Waals surface area contributed by atoms with Crippen LogP contribution in [-0.2, 0) is 20.2 Å². The van der Waals surface area contributed by atoms with Crippen molar-refractivity contribution in [2.24, 2.45) is 0 Å². The molecule has 0 aliphatic rings. The summed E-state index contributed by atoms with van der Waals surface area (Å²) in [5.74, 6) is -0.235. The molecular weight excluding hydrogens is 508 g/mol. The zero-order valence-corrected chi connectivity index (χ0v) is 19.2. The highest BCUT2D eigenvalue weighted by molar-refractivity contribution is 7.86. The number of hydrogen-bond donors (Lipinski definition) is 5. The number of fused-ring (bicyclic) bond motifs is 1. The lowest BCUT2D eigenvalue weighted by atomic mass is 10.1. The van der Waals surface area contributed by atoms with Gasteiger partial charge in [0.1, 0.15) is 9.79 Å². The molecule has 0 aliphatic heterocycles. The first kappa shape index (κ1) is 23.6. The number of nitrogen functional groups attached to an aromatic ring is 1. The van der Waals surface area contributed by atoms with Crippen molar-refractivity contribution in [3.63, 3.8) is 0 Å². The minimum atomic E-state index is -4.64. The second-order valence-electron chi connectivity index (χ2n) is 6.87. The third kappa shape index (κ3) is 5.00. The maximum Gasteiger partial charge on any atom is 0.297 e. The summed E-state index contributed by atoms with van der Waals surface area (Å²) in [5.41, 5.74) is 5.71. The van der Waals surface area contributed by atoms with Crippen LogP contribution in [0.1, 0.15) is 0 Å². The molecular formula is C19H15ClN6O6S2. The van der Waals surface area contributed by atoms with Crippen molar-refractivity contribution in [3.05, 3.63) is 59.9 Å². The van der Waals surface area contributed by atoms with Crippen molar-refractivity contribution in [1.29, 1.82) is 0 Å². The van der Waals surface area contributed by atoms with Gasteiger partial charge in [0.25, 0.3) is 20.2 Å². The van der Waals surface area contributed by atoms with Crippen molar-refractivity contribution < 1.29 is 25.9 Å². The molecule has 4 aromatic rings. The minimum absolute atomic E-state index is 0.00355. The lowest BCUT2D eigenvalue weighted by Gasteiger charge is -2.13. The summed E-state index contributed by atoms with van der Waals surface area (Å²) < 4.78 is 65.8. The standard InChI is InChI=1S/C19H15ClN6O6S2/c20-17-24-18(22-11-6-8-15(13(21)9-11)33(27,28)29)26-19(25-17)23-14-7-5-10-3-1-2-4-12(10)16(14)34(30,31)32/h1-9H,21H2,(H,27,28,29)(H,30,31,32)(H2,22,23,24,25,26). The van der Waals surface area contributed by atoms with Crippen LogP contribution in [0.15, 0.2) is 64.4 Å². The Morgan fingerprint density at radius 3 is 2.15 bits per heavy atom. The molecule has 0 fully saturated rings. The van der Waals surface area contributed by atoms with E-state index in [1.165, 1.54) is 24.3 Å². The maximum atomic E-state index is 12.1. The summed E-state index contributed by atoms with van der Waals surface area (Å²) in [5, 5.41) is 6.08. The molecule has 1 heterocycles. The number of nitrogens with one attached hydrogen (secondary N) is 2. The molecule has 4 rings (SSSR count). The van der Waals surface area contributed by atoms with Gasteiger partial charge in [-0.2, -0.15) is 31.8 Å². The molecule has 0 amide bonds. The highest BCUT2D eigenvalue weighted by Gasteiger charge is 2.21. The Bertz CT molecular complexity index is 1650. The Morgan fingerprint density at radius 2 is 1.50 bits per heavy atom. The van der Waals surface area contributed by atoms with Crippen LogP contribution in [0.3, 0.4) is 0 Å². The highest BCUT2D eigenvalue weighted by Crippen LogP contribution is 2.32. The average molecular weight is 523 g/mol. The van der Waals surface area contributed by atoms with Crippen LogP contribution in [0.25, 0.3) is 10.8 Å². The van der Waals surface area contributed by atoms with Gasteiger partial charge in [0, 0.05) is 11.1 Å². The Kier molecular flexibility index (Phi) is 6.01. The van der Waals surface area contributed by atoms with E-state index in [2.05, 4.69) is 25.6 Å². The summed E-state index contributed by atoms with van der Waals surface area (Å²) in [6.45, 7) is 0. The van der Waals surface area contributed by atoms with Gasteiger partial charge >= 0.3 is 0 Å². The second-order valence-corrected chi connectivity index (χ2v) is 9.95. The predicted octanol–water partition coefficient (Wildman–Crippen LogP) is 3.24. The van der Waals surface area contributed by atoms with Crippen molar-refractivity contribution in [1.82, 2.24) is 15.0 Å². The van der Waals surface area contributed by atoms with Gasteiger partial charge in [-0.1, -0.05) is 30.3 Å². The van der Waals surface area contributed by atoms with E-state index in [0.29, 0.717) is 5.39 Å². The number of hydrogen-bond acceptors (Lipinski definition) is 10. The number of nitrogens with zero attached hydrogens (tertiary/aromatic N) is 3. The molecule has 12 nitrogen and oxygen atoms in total. The molecule has 0 unspecified atom stereocenters. The minimum Gasteiger partial charge on any atom is -0.398 e. The summed E-state index contributed by atoms with van der Waals surface area (Å²) in [4.78, 5) is 11.1. The van der Waals surface area contributed by atoms with Crippen LogP contribution < -0.4 is 16.4 Å². The molecule has 176 valence electrons. The lowest BCUT2D eigenvalue weighted by molar-refractivity contribution is 0.481. The van der Waals surface area contributed by atoms with E-state index in [9.17, 15) is 21.4 Å². The summed E-state index contributed by atoms with van der Waals surface area (Å²) in [6, 6.07) is 13.3. The van der Waals surface area contributed by atoms with E-state index in [0.717, 1.165) is 6.07 Å². The van der Waals surface area contributed by atoms with Crippen molar-refractivity contribution in [2.75, 3.05) is 16.4 Å². The Labute approximate surface area is 198 Å². The molecule has 15 heteroatoms. The fourth-order valence-electron chi connectivity index (χ4n) is 3.19. The van der Waals surface area contributed by atoms with Gasteiger partial charge in [-0.15, -0.1) is 0 Å². The van der Waals surface area contributed by atoms with E-state index in [1.807, 2.05) is 0 Å². The molecule has 0 saturated carbocycles. The Balaban J connectivity index is 1.71. The molecule has 0 spiro atoms. The molecule has 0 radical (unpaired) electrons. The SMILES string of the molecule is Nc1cc(Nc2nc(Cl)nc(Nc3ccc4ccccc4c3S(=O)(=O)O)n2)ccc1S(=O)(=O)O. The topological polar surface area (TPSA) is 197 Å². The van der Waals surface area contributed by atoms with E-state index in [1.54, 1.807) is 24.3 Å². The second kappa shape index (κ2) is 8.66. The summed E-state index contributed by atoms with van der Waals surface area (Å²) >= 11 is 5.98. The van der Waals surface area contributed by atoms with Crippen molar-refractivity contribution in [3.8, 4) is 0 Å². The first-order valence-electron chi connectivity index (χ1n) is 9.24. The highest BCUT2D eigenvalue weighted by atomic mass is 35.5. The zero-order chi connectivity index (χ0) is 24.7. The number of halogens is 1. The van der Waals surface area contributed by atoms with Crippen LogP contribution >= 0.6 is 11.6 Å². The van der Waals surface area contributed by atoms with E-state index < -0.39 is 25.1 Å². The monoisotopic (exact) mass is 522 g/mol. The summed E-state index contributed by atoms with van der Waals surface area (Å²) in [7, 11) is -9.13. The first-order chi connectivity index (χ1) is 15.9. The first-order valence-corrected chi connectivity index (χ1v) is 12.5. The number of aromatic nitrogens is 3. The molecule has 34 heavy (non-hydrogen) atoms. The number of benzene rings is 3. The maximum absolute atomic E-state index is 12.1. The Hall–Kier alpha value is -3.56. The molecule has 6 N–H and O–H groups in total. The van der Waals surface area contributed by atoms with Crippen LogP contribution in [-0.4, -0.2) is 40.9 Å². The zero-order valence-electron chi connectivity index (χ0n) is 16.8. The van der Waals surface area contributed by atoms with Gasteiger partial charge < -0.3 is 16.4 Å². The van der Waals surface area contributed by atoms with Crippen molar-refractivity contribution in [2.45, 2.75) is 9.79 Å². The van der Waals surface area contributed by atoms with Gasteiger partial charge in [-0.05, 0) is 41.3 Å². The van der Waals surface area contributed by atoms with Gasteiger partial charge in [-0.3, -0.25) is 9.11 Å². The molecule has 0 atom stereocenters. The van der Waals surface area contributed by atoms with Crippen LogP contribution in [0, 0.1) is 0 Å². The van der Waals surface area contributed by atoms with Crippen LogP contribution in [0.2, 0.25) is 5.28 Å². The number of anilines is 5. The van der Waals surface area contributed by atoms with Gasteiger partial charge in [0.05, 0.1) is 11.4 Å². The lowest BCUT2D eigenvalue weighted by Crippen LogP contribution is -2.08. The van der Waals surface area contributed by atoms with Crippen LogP contribution in [0.4, 0.5) is 29.0 Å². The largest absolute Gasteiger partial charge is 0.398 e. The van der Waals surface area contributed by atoms with E-state index >= 15 is 0 Å². The fourth-order valence-corrected chi connectivity index (χ4v) is 4.81. The van der Waals surface area contributed by atoms with E-state index in [-0.39, 0.29) is 44.5 Å². The fraction of sp³-hybridized carbons (Fsp3) is 0. The third-order valence-corrected chi connectivity index (χ3v) is 6.59. The van der Waals surface area contributed by atoms with Crippen LogP contribution in [0.5, 0.6) is 0 Å². The quantitative estimate of drug-likeness (QED) is 0.183. The van der Waals surface area contributed by atoms with E-state index in [4.69, 9.17) is 21.9 Å². The smallest absolute Gasteiger partial charge is 0.297 e. The van der Waals surface area contributed by atoms with Crippen molar-refractivity contribution >= 4 is 71.6 Å². The number of rotatable bonds is 6. The van der Waals surface area contributed by atoms with Gasteiger partial charge in [-0.25, -0.2) is 0 Å². The van der Waals surface area contributed by atoms with Gasteiger partial charge in [0.2, 0.25) is 17.2 Å². The molecule has 1 aromatic heterocycles. The number of nitrogens with two attached hydrogens (primary N) is 1. The molecule has 0 aliphatic carbocycles. The predicted molar refractivity (Wildman–Crippen MR) is 126 cm³/mol. The third-order valence-electron chi connectivity index (χ3n) is 4.54. The normalized spacial score (nSPS) is 12.0. The average Bonchev–Trinajstić information content (AvgIpc) is 2.71. The Morgan fingerprint density at radius 1 is 0.824 bits per heavy atom. The van der Waals surface area contributed by atoms with Gasteiger partial charge in [0.15, 0.2) is 0 Å². The molecule has 0 bridgehead atoms. The molecule has 0 saturated heterocycles.